The zero-order valence-electron chi connectivity index (χ0n) is 20.3. The quantitative estimate of drug-likeness (QED) is 0.262. The Bertz CT molecular complexity index is 1320. The van der Waals surface area contributed by atoms with E-state index in [9.17, 15) is 10.2 Å². The summed E-state index contributed by atoms with van der Waals surface area (Å²) in [4.78, 5) is 8.67. The number of aromatic hydroxyl groups is 2. The number of nitrogens with zero attached hydrogens (tertiary/aromatic N) is 4. The number of aromatic nitrogens is 4. The van der Waals surface area contributed by atoms with Crippen LogP contribution >= 0.6 is 11.6 Å². The highest BCUT2D eigenvalue weighted by molar-refractivity contribution is 6.30. The lowest BCUT2D eigenvalue weighted by Gasteiger charge is -2.19. The molecular formula is C26H27ClN4O5. The largest absolute Gasteiger partial charge is 0.506 e. The first-order valence-electron chi connectivity index (χ1n) is 11.6. The summed E-state index contributed by atoms with van der Waals surface area (Å²) < 4.78 is 17.0. The second-order valence-corrected chi connectivity index (χ2v) is 8.56. The molecule has 3 heterocycles. The van der Waals surface area contributed by atoms with E-state index in [0.717, 1.165) is 19.3 Å². The first-order chi connectivity index (χ1) is 17.5. The van der Waals surface area contributed by atoms with Crippen LogP contribution in [0, 0.1) is 0 Å². The molecule has 4 aromatic rings. The highest BCUT2D eigenvalue weighted by atomic mass is 35.5. The van der Waals surface area contributed by atoms with Gasteiger partial charge in [0.15, 0.2) is 0 Å². The van der Waals surface area contributed by atoms with Crippen LogP contribution in [0.1, 0.15) is 43.5 Å². The second-order valence-electron chi connectivity index (χ2n) is 8.12. The molecule has 0 atom stereocenters. The fourth-order valence-electron chi connectivity index (χ4n) is 3.98. The Kier molecular flexibility index (Phi) is 7.90. The fourth-order valence-corrected chi connectivity index (χ4v) is 4.09. The van der Waals surface area contributed by atoms with E-state index in [-0.39, 0.29) is 29.5 Å². The predicted molar refractivity (Wildman–Crippen MR) is 135 cm³/mol. The average molecular weight is 511 g/mol. The van der Waals surface area contributed by atoms with E-state index >= 15 is 0 Å². The molecule has 10 heteroatoms. The molecule has 0 spiro atoms. The Morgan fingerprint density at radius 2 is 1.69 bits per heavy atom. The minimum Gasteiger partial charge on any atom is -0.506 e. The molecule has 2 N–H and O–H groups in total. The Balaban J connectivity index is 1.83. The van der Waals surface area contributed by atoms with Gasteiger partial charge in [-0.2, -0.15) is 0 Å². The molecule has 9 nitrogen and oxygen atoms in total. The zero-order chi connectivity index (χ0) is 25.7. The lowest BCUT2D eigenvalue weighted by atomic mass is 9.95. The first-order valence-corrected chi connectivity index (χ1v) is 11.9. The smallest absolute Gasteiger partial charge is 0.257 e. The van der Waals surface area contributed by atoms with Gasteiger partial charge in [-0.05, 0) is 37.1 Å². The summed E-state index contributed by atoms with van der Waals surface area (Å²) in [6.07, 6.45) is 5.12. The highest BCUT2D eigenvalue weighted by Crippen LogP contribution is 2.49. The molecule has 0 unspecified atom stereocenters. The Labute approximate surface area is 213 Å². The van der Waals surface area contributed by atoms with Crippen LogP contribution < -0.4 is 9.47 Å². The normalized spacial score (nSPS) is 11.0. The van der Waals surface area contributed by atoms with E-state index in [4.69, 9.17) is 25.5 Å². The molecule has 188 valence electrons. The third kappa shape index (κ3) is 5.21. The van der Waals surface area contributed by atoms with Crippen molar-refractivity contribution in [3.63, 3.8) is 0 Å². The summed E-state index contributed by atoms with van der Waals surface area (Å²) in [6.45, 7) is 2.10. The summed E-state index contributed by atoms with van der Waals surface area (Å²) in [5, 5.41) is 31.0. The van der Waals surface area contributed by atoms with Crippen LogP contribution in [0.25, 0.3) is 22.6 Å². The standard InChI is InChI=1S/C26H27ClN4O5/c1-4-5-6-8-17-21(22-18(34-2)9-7-10-19(22)35-3)24(32)23(25(33)29-17)26-31-30-20(36-26)13-16-12-11-15(27)14-28-16/h7,9-12,14H,4-6,8,13H2,1-3H3,(H2,29,32,33). The van der Waals surface area contributed by atoms with Gasteiger partial charge in [0.1, 0.15) is 22.8 Å². The number of hydrogen-bond acceptors (Lipinski definition) is 9. The van der Waals surface area contributed by atoms with Crippen molar-refractivity contribution < 1.29 is 24.1 Å². The summed E-state index contributed by atoms with van der Waals surface area (Å²) in [5.41, 5.74) is 2.01. The Hall–Kier alpha value is -3.85. The topological polar surface area (TPSA) is 124 Å². The van der Waals surface area contributed by atoms with Gasteiger partial charge in [0.05, 0.1) is 42.5 Å². The van der Waals surface area contributed by atoms with Crippen molar-refractivity contribution in [1.82, 2.24) is 20.2 Å². The van der Waals surface area contributed by atoms with Gasteiger partial charge in [0, 0.05) is 11.9 Å². The number of hydrogen-bond donors (Lipinski definition) is 2. The van der Waals surface area contributed by atoms with Crippen molar-refractivity contribution in [2.45, 2.75) is 39.0 Å². The SMILES string of the molecule is CCCCCc1nc(O)c(-c2nnc(Cc3ccc(Cl)cn3)o2)c(O)c1-c1c(OC)cccc1OC. The molecule has 0 saturated carbocycles. The Morgan fingerprint density at radius 1 is 0.944 bits per heavy atom. The van der Waals surface area contributed by atoms with Crippen LogP contribution in [0.2, 0.25) is 5.02 Å². The molecule has 1 aromatic carbocycles. The van der Waals surface area contributed by atoms with E-state index in [1.807, 2.05) is 0 Å². The van der Waals surface area contributed by atoms with Gasteiger partial charge in [-0.3, -0.25) is 4.98 Å². The van der Waals surface area contributed by atoms with E-state index < -0.39 is 5.88 Å². The molecule has 4 rings (SSSR count). The highest BCUT2D eigenvalue weighted by Gasteiger charge is 2.28. The summed E-state index contributed by atoms with van der Waals surface area (Å²) in [5.74, 6) is 0.492. The number of pyridine rings is 2. The molecule has 0 aliphatic carbocycles. The van der Waals surface area contributed by atoms with E-state index in [1.54, 1.807) is 30.3 Å². The number of benzene rings is 1. The number of halogens is 1. The van der Waals surface area contributed by atoms with Gasteiger partial charge >= 0.3 is 0 Å². The summed E-state index contributed by atoms with van der Waals surface area (Å²) in [6, 6.07) is 8.79. The third-order valence-corrected chi connectivity index (χ3v) is 5.95. The molecular weight excluding hydrogens is 484 g/mol. The Morgan fingerprint density at radius 3 is 2.33 bits per heavy atom. The van der Waals surface area contributed by atoms with Crippen LogP contribution in [0.5, 0.6) is 23.1 Å². The maximum atomic E-state index is 11.5. The average Bonchev–Trinajstić information content (AvgIpc) is 3.33. The number of methoxy groups -OCH3 is 2. The molecule has 36 heavy (non-hydrogen) atoms. The molecule has 0 radical (unpaired) electrons. The zero-order valence-corrected chi connectivity index (χ0v) is 21.0. The van der Waals surface area contributed by atoms with Crippen LogP contribution in [-0.2, 0) is 12.8 Å². The van der Waals surface area contributed by atoms with Gasteiger partial charge in [-0.25, -0.2) is 4.98 Å². The van der Waals surface area contributed by atoms with E-state index in [1.165, 1.54) is 20.4 Å². The van der Waals surface area contributed by atoms with Gasteiger partial charge in [0.25, 0.3) is 5.89 Å². The number of rotatable bonds is 10. The fraction of sp³-hybridized carbons (Fsp3) is 0.308. The number of ether oxygens (including phenoxy) is 2. The van der Waals surface area contributed by atoms with Crippen LogP contribution in [0.3, 0.4) is 0 Å². The predicted octanol–water partition coefficient (Wildman–Crippen LogP) is 5.60. The number of unbranched alkanes of at least 4 members (excludes halogenated alkanes) is 2. The third-order valence-electron chi connectivity index (χ3n) is 5.72. The molecule has 0 aliphatic rings. The number of aryl methyl sites for hydroxylation is 1. The molecule has 0 amide bonds. The lowest BCUT2D eigenvalue weighted by molar-refractivity contribution is 0.395. The van der Waals surface area contributed by atoms with Crippen molar-refractivity contribution in [2.24, 2.45) is 0 Å². The maximum Gasteiger partial charge on any atom is 0.257 e. The van der Waals surface area contributed by atoms with Gasteiger partial charge in [0.2, 0.25) is 11.8 Å². The van der Waals surface area contributed by atoms with Crippen LogP contribution in [0.4, 0.5) is 0 Å². The van der Waals surface area contributed by atoms with Crippen LogP contribution in [0.15, 0.2) is 40.9 Å². The first kappa shape index (κ1) is 25.2. The van der Waals surface area contributed by atoms with Crippen molar-refractivity contribution in [3.8, 4) is 45.7 Å². The molecule has 0 fully saturated rings. The van der Waals surface area contributed by atoms with E-state index in [2.05, 4.69) is 27.1 Å². The maximum absolute atomic E-state index is 11.5. The van der Waals surface area contributed by atoms with E-state index in [0.29, 0.717) is 45.5 Å². The molecule has 0 aliphatic heterocycles. The molecule has 0 bridgehead atoms. The molecule has 0 saturated heterocycles. The summed E-state index contributed by atoms with van der Waals surface area (Å²) >= 11 is 5.90. The van der Waals surface area contributed by atoms with Crippen molar-refractivity contribution in [2.75, 3.05) is 14.2 Å². The van der Waals surface area contributed by atoms with Crippen molar-refractivity contribution >= 4 is 11.6 Å². The molecule has 3 aromatic heterocycles. The summed E-state index contributed by atoms with van der Waals surface area (Å²) in [7, 11) is 3.08. The second kappa shape index (κ2) is 11.3. The lowest BCUT2D eigenvalue weighted by Crippen LogP contribution is -2.01. The minimum absolute atomic E-state index is 0.0694. The van der Waals surface area contributed by atoms with Gasteiger partial charge < -0.3 is 24.1 Å². The van der Waals surface area contributed by atoms with Crippen molar-refractivity contribution in [3.05, 3.63) is 58.8 Å². The van der Waals surface area contributed by atoms with Crippen LogP contribution in [-0.4, -0.2) is 44.6 Å². The van der Waals surface area contributed by atoms with Gasteiger partial charge in [-0.1, -0.05) is 37.4 Å². The van der Waals surface area contributed by atoms with Gasteiger partial charge in [-0.15, -0.1) is 10.2 Å². The van der Waals surface area contributed by atoms with Crippen molar-refractivity contribution in [1.29, 1.82) is 0 Å². The minimum atomic E-state index is -0.406. The monoisotopic (exact) mass is 510 g/mol.